The number of amides is 2. The Morgan fingerprint density at radius 1 is 0.848 bits per heavy atom. The molecule has 7 nitrogen and oxygen atoms in total. The zero-order valence-electron chi connectivity index (χ0n) is 26.2. The minimum atomic E-state index is -4.21. The fourth-order valence-electron chi connectivity index (χ4n) is 5.86. The van der Waals surface area contributed by atoms with Gasteiger partial charge in [-0.05, 0) is 73.7 Å². The van der Waals surface area contributed by atoms with Crippen LogP contribution in [0.15, 0.2) is 108 Å². The molecule has 1 atom stereocenters. The summed E-state index contributed by atoms with van der Waals surface area (Å²) >= 11 is 0. The molecule has 240 valence electrons. The van der Waals surface area contributed by atoms with Crippen LogP contribution in [-0.4, -0.2) is 43.8 Å². The molecule has 0 bridgehead atoms. The van der Waals surface area contributed by atoms with Gasteiger partial charge in [-0.15, -0.1) is 0 Å². The van der Waals surface area contributed by atoms with Crippen LogP contribution in [-0.2, 0) is 32.6 Å². The number of hydrogen-bond donors (Lipinski definition) is 1. The standard InChI is InChI=1S/C37H40FN3O4S/c1-27-21-22-32(23-28(27)2)41(46(44,45)33-18-7-4-8-19-33)26-36(42)40(25-30-15-9-12-20-34(30)38)35(24-29-13-5-3-6-14-29)37(43)39-31-16-10-11-17-31/h3-9,12-15,18-23,31,35H,10-11,16-17,24-26H2,1-2H3,(H,39,43)/t35-/m1/s1. The smallest absolute Gasteiger partial charge is 0.264 e. The molecule has 1 saturated carbocycles. The van der Waals surface area contributed by atoms with Gasteiger partial charge in [0.1, 0.15) is 18.4 Å². The predicted molar refractivity (Wildman–Crippen MR) is 178 cm³/mol. The van der Waals surface area contributed by atoms with E-state index in [1.54, 1.807) is 48.5 Å². The molecule has 9 heteroatoms. The Kier molecular flexibility index (Phi) is 10.5. The van der Waals surface area contributed by atoms with E-state index in [0.29, 0.717) is 5.69 Å². The van der Waals surface area contributed by atoms with Gasteiger partial charge in [0.15, 0.2) is 0 Å². The number of nitrogens with one attached hydrogen (secondary N) is 1. The van der Waals surface area contributed by atoms with Crippen LogP contribution in [0.4, 0.5) is 10.1 Å². The first-order chi connectivity index (χ1) is 22.1. The average molecular weight is 642 g/mol. The molecule has 0 radical (unpaired) electrons. The number of hydrogen-bond acceptors (Lipinski definition) is 4. The van der Waals surface area contributed by atoms with Gasteiger partial charge in [0.25, 0.3) is 10.0 Å². The summed E-state index contributed by atoms with van der Waals surface area (Å²) < 4.78 is 44.5. The molecule has 0 heterocycles. The second-order valence-electron chi connectivity index (χ2n) is 11.9. The minimum absolute atomic E-state index is 0.0123. The minimum Gasteiger partial charge on any atom is -0.352 e. The molecule has 1 aliphatic carbocycles. The maximum Gasteiger partial charge on any atom is 0.264 e. The van der Waals surface area contributed by atoms with Crippen LogP contribution < -0.4 is 9.62 Å². The lowest BCUT2D eigenvalue weighted by Crippen LogP contribution is -2.54. The van der Waals surface area contributed by atoms with Crippen LogP contribution in [0.3, 0.4) is 0 Å². The first kappa shape index (κ1) is 32.9. The quantitative estimate of drug-likeness (QED) is 0.196. The van der Waals surface area contributed by atoms with Gasteiger partial charge in [-0.2, -0.15) is 0 Å². The highest BCUT2D eigenvalue weighted by molar-refractivity contribution is 7.92. The monoisotopic (exact) mass is 641 g/mol. The summed E-state index contributed by atoms with van der Waals surface area (Å²) in [5.41, 5.74) is 3.20. The molecule has 0 saturated heterocycles. The molecule has 1 aliphatic rings. The van der Waals surface area contributed by atoms with Gasteiger partial charge in [0.05, 0.1) is 10.6 Å². The van der Waals surface area contributed by atoms with Crippen molar-refractivity contribution in [3.8, 4) is 0 Å². The molecule has 4 aromatic carbocycles. The molecule has 0 aliphatic heterocycles. The summed E-state index contributed by atoms with van der Waals surface area (Å²) in [6.07, 6.45) is 3.89. The number of sulfonamides is 1. The number of aryl methyl sites for hydroxylation is 2. The van der Waals surface area contributed by atoms with Crippen LogP contribution in [0.25, 0.3) is 0 Å². The fourth-order valence-corrected chi connectivity index (χ4v) is 7.29. The summed E-state index contributed by atoms with van der Waals surface area (Å²) in [6.45, 7) is 3.00. The van der Waals surface area contributed by atoms with Crippen molar-refractivity contribution in [1.82, 2.24) is 10.2 Å². The van der Waals surface area contributed by atoms with Crippen molar-refractivity contribution in [3.05, 3.63) is 131 Å². The van der Waals surface area contributed by atoms with Gasteiger partial charge >= 0.3 is 0 Å². The third kappa shape index (κ3) is 7.83. The zero-order chi connectivity index (χ0) is 32.7. The molecule has 0 spiro atoms. The van der Waals surface area contributed by atoms with Crippen molar-refractivity contribution in [2.45, 2.75) is 69.5 Å². The van der Waals surface area contributed by atoms with Crippen molar-refractivity contribution < 1.29 is 22.4 Å². The molecule has 0 unspecified atom stereocenters. The normalized spacial score (nSPS) is 14.1. The summed E-state index contributed by atoms with van der Waals surface area (Å²) in [4.78, 5) is 30.0. The van der Waals surface area contributed by atoms with E-state index in [4.69, 9.17) is 0 Å². The summed E-state index contributed by atoms with van der Waals surface area (Å²) in [7, 11) is -4.21. The average Bonchev–Trinajstić information content (AvgIpc) is 3.57. The molecule has 5 rings (SSSR count). The van der Waals surface area contributed by atoms with Crippen LogP contribution in [0.5, 0.6) is 0 Å². The van der Waals surface area contributed by atoms with Gasteiger partial charge in [0, 0.05) is 24.6 Å². The molecule has 1 N–H and O–H groups in total. The lowest BCUT2D eigenvalue weighted by Gasteiger charge is -2.34. The van der Waals surface area contributed by atoms with Gasteiger partial charge in [-0.1, -0.05) is 85.6 Å². The number of carbonyl (C=O) groups is 2. The fraction of sp³-hybridized carbons (Fsp3) is 0.297. The third-order valence-corrected chi connectivity index (χ3v) is 10.4. The van der Waals surface area contributed by atoms with E-state index in [1.165, 1.54) is 23.1 Å². The molecule has 1 fully saturated rings. The first-order valence-corrected chi connectivity index (χ1v) is 17.1. The number of carbonyl (C=O) groups excluding carboxylic acids is 2. The summed E-state index contributed by atoms with van der Waals surface area (Å²) in [5.74, 6) is -1.48. The lowest BCUT2D eigenvalue weighted by molar-refractivity contribution is -0.140. The molecule has 46 heavy (non-hydrogen) atoms. The lowest BCUT2D eigenvalue weighted by atomic mass is 10.0. The molecule has 2 amide bonds. The Labute approximate surface area is 271 Å². The largest absolute Gasteiger partial charge is 0.352 e. The topological polar surface area (TPSA) is 86.8 Å². The van der Waals surface area contributed by atoms with Gasteiger partial charge in [-0.3, -0.25) is 13.9 Å². The Morgan fingerprint density at radius 2 is 1.48 bits per heavy atom. The van der Waals surface area contributed by atoms with Crippen molar-refractivity contribution in [2.75, 3.05) is 10.8 Å². The van der Waals surface area contributed by atoms with Crippen LogP contribution in [0, 0.1) is 19.7 Å². The van der Waals surface area contributed by atoms with E-state index < -0.39 is 34.3 Å². The van der Waals surface area contributed by atoms with Gasteiger partial charge in [0.2, 0.25) is 11.8 Å². The van der Waals surface area contributed by atoms with E-state index in [9.17, 15) is 18.0 Å². The van der Waals surface area contributed by atoms with Gasteiger partial charge < -0.3 is 10.2 Å². The Hall–Kier alpha value is -4.50. The molecular formula is C37H40FN3O4S. The number of rotatable bonds is 12. The number of anilines is 1. The summed E-state index contributed by atoms with van der Waals surface area (Å²) in [5, 5.41) is 3.13. The molecular weight excluding hydrogens is 601 g/mol. The number of halogens is 1. The zero-order valence-corrected chi connectivity index (χ0v) is 27.0. The highest BCUT2D eigenvalue weighted by Crippen LogP contribution is 2.27. The first-order valence-electron chi connectivity index (χ1n) is 15.7. The Morgan fingerprint density at radius 3 is 2.13 bits per heavy atom. The van der Waals surface area contributed by atoms with E-state index in [1.807, 2.05) is 50.2 Å². The number of nitrogens with zero attached hydrogens (tertiary/aromatic N) is 2. The van der Waals surface area contributed by atoms with E-state index in [-0.39, 0.29) is 35.4 Å². The highest BCUT2D eigenvalue weighted by Gasteiger charge is 2.36. The predicted octanol–water partition coefficient (Wildman–Crippen LogP) is 6.34. The second-order valence-corrected chi connectivity index (χ2v) is 13.8. The number of benzene rings is 4. The maximum atomic E-state index is 15.1. The van der Waals surface area contributed by atoms with E-state index in [0.717, 1.165) is 46.7 Å². The summed E-state index contributed by atoms with van der Waals surface area (Å²) in [6, 6.07) is 27.6. The molecule has 4 aromatic rings. The van der Waals surface area contributed by atoms with Crippen molar-refractivity contribution in [2.24, 2.45) is 0 Å². The second kappa shape index (κ2) is 14.7. The Balaban J connectivity index is 1.58. The molecule has 0 aromatic heterocycles. The van der Waals surface area contributed by atoms with Crippen molar-refractivity contribution in [3.63, 3.8) is 0 Å². The van der Waals surface area contributed by atoms with Crippen LogP contribution >= 0.6 is 0 Å². The van der Waals surface area contributed by atoms with Crippen molar-refractivity contribution >= 4 is 27.5 Å². The van der Waals surface area contributed by atoms with Crippen LogP contribution in [0.1, 0.15) is 47.9 Å². The van der Waals surface area contributed by atoms with Crippen LogP contribution in [0.2, 0.25) is 0 Å². The third-order valence-electron chi connectivity index (χ3n) is 8.66. The Bertz CT molecular complexity index is 1760. The van der Waals surface area contributed by atoms with Gasteiger partial charge in [-0.25, -0.2) is 12.8 Å². The van der Waals surface area contributed by atoms with E-state index in [2.05, 4.69) is 5.32 Å². The maximum absolute atomic E-state index is 15.1. The highest BCUT2D eigenvalue weighted by atomic mass is 32.2. The SMILES string of the molecule is Cc1ccc(N(CC(=O)N(Cc2ccccc2F)[C@H](Cc2ccccc2)C(=O)NC2CCCC2)S(=O)(=O)c2ccccc2)cc1C. The van der Waals surface area contributed by atoms with Crippen molar-refractivity contribution in [1.29, 1.82) is 0 Å². The van der Waals surface area contributed by atoms with E-state index >= 15 is 4.39 Å².